The second kappa shape index (κ2) is 2.58. The van der Waals surface area contributed by atoms with Crippen LogP contribution in [0.2, 0.25) is 0 Å². The van der Waals surface area contributed by atoms with Crippen molar-refractivity contribution in [2.75, 3.05) is 12.4 Å². The molecule has 0 atom stereocenters. The van der Waals surface area contributed by atoms with Crippen molar-refractivity contribution in [3.05, 3.63) is 18.3 Å². The number of hydrogen-bond acceptors (Lipinski definition) is 1. The van der Waals surface area contributed by atoms with Crippen LogP contribution in [0.15, 0.2) is 18.3 Å². The van der Waals surface area contributed by atoms with Gasteiger partial charge in [0.2, 0.25) is 0 Å². The summed E-state index contributed by atoms with van der Waals surface area (Å²) in [4.78, 5) is 0. The number of hydrogen-bond donors (Lipinski definition) is 1. The van der Waals surface area contributed by atoms with Crippen LogP contribution >= 0.6 is 0 Å². The zero-order valence-electron chi connectivity index (χ0n) is 5.89. The lowest BCUT2D eigenvalue weighted by atomic mass is 10.6. The Bertz CT molecular complexity index is 160. The Labute approximate surface area is 55.5 Å². The molecule has 0 bridgehead atoms. The Morgan fingerprint density at radius 2 is 2.44 bits per heavy atom. The molecule has 0 fully saturated rings. The molecule has 9 heavy (non-hydrogen) atoms. The van der Waals surface area contributed by atoms with Gasteiger partial charge in [0.05, 0.1) is 0 Å². The topological polar surface area (TPSA) is 17.0 Å². The average Bonchev–Trinajstić information content (AvgIpc) is 2.33. The number of aryl methyl sites for hydroxylation is 1. The number of rotatable bonds is 2. The van der Waals surface area contributed by atoms with E-state index >= 15 is 0 Å². The van der Waals surface area contributed by atoms with E-state index in [0.717, 1.165) is 6.54 Å². The molecule has 2 nitrogen and oxygen atoms in total. The highest BCUT2D eigenvalue weighted by atomic mass is 15.1. The molecular formula is C7H12N2. The highest BCUT2D eigenvalue weighted by Gasteiger charge is 1.91. The zero-order valence-corrected chi connectivity index (χ0v) is 5.89. The summed E-state index contributed by atoms with van der Waals surface area (Å²) in [5.74, 6) is 1.18. The van der Waals surface area contributed by atoms with Crippen molar-refractivity contribution in [1.29, 1.82) is 0 Å². The van der Waals surface area contributed by atoms with E-state index in [9.17, 15) is 0 Å². The fourth-order valence-electron chi connectivity index (χ4n) is 0.917. The molecule has 1 aromatic rings. The molecule has 1 heterocycles. The Morgan fingerprint density at radius 3 is 2.89 bits per heavy atom. The second-order valence-corrected chi connectivity index (χ2v) is 1.93. The van der Waals surface area contributed by atoms with Crippen molar-refractivity contribution in [2.45, 2.75) is 13.5 Å². The van der Waals surface area contributed by atoms with Crippen LogP contribution in [0.3, 0.4) is 0 Å². The van der Waals surface area contributed by atoms with E-state index in [1.807, 2.05) is 13.1 Å². The van der Waals surface area contributed by atoms with E-state index in [1.54, 1.807) is 0 Å². The van der Waals surface area contributed by atoms with Crippen LogP contribution in [0.5, 0.6) is 0 Å². The van der Waals surface area contributed by atoms with Gasteiger partial charge in [0.25, 0.3) is 0 Å². The zero-order chi connectivity index (χ0) is 6.69. The quantitative estimate of drug-likeness (QED) is 0.633. The highest BCUT2D eigenvalue weighted by molar-refractivity contribution is 5.35. The Morgan fingerprint density at radius 1 is 1.67 bits per heavy atom. The Balaban J connectivity index is 2.85. The number of nitrogens with one attached hydrogen (secondary N) is 1. The van der Waals surface area contributed by atoms with E-state index in [4.69, 9.17) is 0 Å². The number of aromatic nitrogens is 1. The van der Waals surface area contributed by atoms with Crippen LogP contribution in [-0.4, -0.2) is 11.6 Å². The van der Waals surface area contributed by atoms with Crippen molar-refractivity contribution < 1.29 is 0 Å². The van der Waals surface area contributed by atoms with E-state index < -0.39 is 0 Å². The van der Waals surface area contributed by atoms with Gasteiger partial charge in [-0.05, 0) is 19.1 Å². The van der Waals surface area contributed by atoms with Gasteiger partial charge in [-0.15, -0.1) is 0 Å². The molecule has 50 valence electrons. The summed E-state index contributed by atoms with van der Waals surface area (Å²) in [6, 6.07) is 4.10. The lowest BCUT2D eigenvalue weighted by Gasteiger charge is -2.02. The molecule has 0 aliphatic carbocycles. The normalized spacial score (nSPS) is 9.56. The first-order valence-corrected chi connectivity index (χ1v) is 3.21. The fraction of sp³-hybridized carbons (Fsp3) is 0.429. The third kappa shape index (κ3) is 1.07. The predicted octanol–water partition coefficient (Wildman–Crippen LogP) is 1.55. The molecule has 0 unspecified atom stereocenters. The van der Waals surface area contributed by atoms with Gasteiger partial charge in [-0.2, -0.15) is 0 Å². The van der Waals surface area contributed by atoms with Crippen LogP contribution in [0.4, 0.5) is 5.82 Å². The van der Waals surface area contributed by atoms with Gasteiger partial charge in [0.15, 0.2) is 0 Å². The summed E-state index contributed by atoms with van der Waals surface area (Å²) < 4.78 is 2.15. The molecule has 0 radical (unpaired) electrons. The van der Waals surface area contributed by atoms with Gasteiger partial charge in [-0.1, -0.05) is 0 Å². The van der Waals surface area contributed by atoms with Crippen molar-refractivity contribution in [1.82, 2.24) is 4.57 Å². The maximum absolute atomic E-state index is 3.09. The maximum atomic E-state index is 3.09. The van der Waals surface area contributed by atoms with Gasteiger partial charge >= 0.3 is 0 Å². The average molecular weight is 124 g/mol. The van der Waals surface area contributed by atoms with E-state index in [2.05, 4.69) is 29.1 Å². The van der Waals surface area contributed by atoms with E-state index in [1.165, 1.54) is 5.82 Å². The van der Waals surface area contributed by atoms with Gasteiger partial charge in [0.1, 0.15) is 5.82 Å². The summed E-state index contributed by atoms with van der Waals surface area (Å²) in [6.45, 7) is 3.16. The molecule has 0 saturated heterocycles. The SMILES string of the molecule is CCn1cccc1NC. The first-order valence-electron chi connectivity index (χ1n) is 3.21. The highest BCUT2D eigenvalue weighted by Crippen LogP contribution is 2.05. The summed E-state index contributed by atoms with van der Waals surface area (Å²) in [6.07, 6.45) is 2.06. The van der Waals surface area contributed by atoms with Crippen LogP contribution in [0.1, 0.15) is 6.92 Å². The second-order valence-electron chi connectivity index (χ2n) is 1.93. The van der Waals surface area contributed by atoms with Crippen LogP contribution in [0, 0.1) is 0 Å². The molecule has 0 saturated carbocycles. The van der Waals surface area contributed by atoms with Crippen molar-refractivity contribution >= 4 is 5.82 Å². The summed E-state index contributed by atoms with van der Waals surface area (Å²) in [7, 11) is 1.93. The third-order valence-electron chi connectivity index (χ3n) is 1.43. The Kier molecular flexibility index (Phi) is 1.78. The molecule has 0 aliphatic heterocycles. The molecule has 2 heteroatoms. The molecular weight excluding hydrogens is 112 g/mol. The van der Waals surface area contributed by atoms with Gasteiger partial charge in [0, 0.05) is 19.8 Å². The molecule has 1 rings (SSSR count). The lowest BCUT2D eigenvalue weighted by molar-refractivity contribution is 0.776. The van der Waals surface area contributed by atoms with Gasteiger partial charge in [-0.3, -0.25) is 0 Å². The van der Waals surface area contributed by atoms with E-state index in [-0.39, 0.29) is 0 Å². The van der Waals surface area contributed by atoms with Gasteiger partial charge < -0.3 is 9.88 Å². The molecule has 0 aromatic carbocycles. The standard InChI is InChI=1S/C7H12N2/c1-3-9-6-4-5-7(9)8-2/h4-6,8H,3H2,1-2H3. The van der Waals surface area contributed by atoms with Crippen molar-refractivity contribution in [3.8, 4) is 0 Å². The minimum Gasteiger partial charge on any atom is -0.375 e. The summed E-state index contributed by atoms with van der Waals surface area (Å²) >= 11 is 0. The fourth-order valence-corrected chi connectivity index (χ4v) is 0.917. The van der Waals surface area contributed by atoms with Gasteiger partial charge in [-0.25, -0.2) is 0 Å². The molecule has 1 aromatic heterocycles. The minimum atomic E-state index is 1.03. The summed E-state index contributed by atoms with van der Waals surface area (Å²) in [5, 5.41) is 3.09. The Hall–Kier alpha value is -0.920. The van der Waals surface area contributed by atoms with Crippen LogP contribution in [0.25, 0.3) is 0 Å². The summed E-state index contributed by atoms with van der Waals surface area (Å²) in [5.41, 5.74) is 0. The van der Waals surface area contributed by atoms with Crippen LogP contribution < -0.4 is 5.32 Å². The number of nitrogens with zero attached hydrogens (tertiary/aromatic N) is 1. The smallest absolute Gasteiger partial charge is 0.105 e. The molecule has 0 aliphatic rings. The van der Waals surface area contributed by atoms with E-state index in [0.29, 0.717) is 0 Å². The molecule has 1 N–H and O–H groups in total. The minimum absolute atomic E-state index is 1.03. The first-order chi connectivity index (χ1) is 4.38. The molecule has 0 amide bonds. The predicted molar refractivity (Wildman–Crippen MR) is 39.7 cm³/mol. The third-order valence-corrected chi connectivity index (χ3v) is 1.43. The van der Waals surface area contributed by atoms with Crippen molar-refractivity contribution in [3.63, 3.8) is 0 Å². The maximum Gasteiger partial charge on any atom is 0.105 e. The monoisotopic (exact) mass is 124 g/mol. The molecule has 0 spiro atoms. The van der Waals surface area contributed by atoms with Crippen molar-refractivity contribution in [2.24, 2.45) is 0 Å². The largest absolute Gasteiger partial charge is 0.375 e. The lowest BCUT2D eigenvalue weighted by Crippen LogP contribution is -1.98. The first kappa shape index (κ1) is 6.20. The number of anilines is 1. The van der Waals surface area contributed by atoms with Crippen LogP contribution in [-0.2, 0) is 6.54 Å².